The Morgan fingerprint density at radius 2 is 2.42 bits per heavy atom. The Morgan fingerprint density at radius 1 is 1.67 bits per heavy atom. The van der Waals surface area contributed by atoms with E-state index in [1.54, 1.807) is 11.5 Å². The van der Waals surface area contributed by atoms with Crippen molar-refractivity contribution >= 4 is 5.97 Å². The average molecular weight is 169 g/mol. The number of aryl methyl sites for hydroxylation is 1. The minimum atomic E-state index is -0.420. The van der Waals surface area contributed by atoms with Gasteiger partial charge in [0.05, 0.1) is 6.61 Å². The molecule has 12 heavy (non-hydrogen) atoms. The Kier molecular flexibility index (Phi) is 2.79. The van der Waals surface area contributed by atoms with Gasteiger partial charge in [-0.1, -0.05) is 0 Å². The predicted molar refractivity (Wildman–Crippen MR) is 41.7 cm³/mol. The number of rotatable bonds is 3. The van der Waals surface area contributed by atoms with Crippen LogP contribution in [0.4, 0.5) is 0 Å². The summed E-state index contributed by atoms with van der Waals surface area (Å²) in [5, 5.41) is 7.25. The third-order valence-corrected chi connectivity index (χ3v) is 1.41. The molecular formula is C7H11N3O2. The number of aromatic nitrogens is 3. The van der Waals surface area contributed by atoms with E-state index in [1.807, 2.05) is 6.92 Å². The molecule has 0 aliphatic carbocycles. The molecule has 0 fully saturated rings. The SMILES string of the molecule is CCOC(=O)c1nncn1CC. The lowest BCUT2D eigenvalue weighted by Crippen LogP contribution is -2.12. The highest BCUT2D eigenvalue weighted by Crippen LogP contribution is 1.97. The number of hydrogen-bond acceptors (Lipinski definition) is 4. The van der Waals surface area contributed by atoms with E-state index in [4.69, 9.17) is 4.74 Å². The molecule has 0 radical (unpaired) electrons. The molecule has 5 heteroatoms. The molecule has 0 atom stereocenters. The maximum atomic E-state index is 11.1. The molecular weight excluding hydrogens is 158 g/mol. The minimum absolute atomic E-state index is 0.263. The van der Waals surface area contributed by atoms with Crippen LogP contribution < -0.4 is 0 Å². The van der Waals surface area contributed by atoms with Gasteiger partial charge in [-0.15, -0.1) is 10.2 Å². The summed E-state index contributed by atoms with van der Waals surface area (Å²) >= 11 is 0. The van der Waals surface area contributed by atoms with Gasteiger partial charge in [0.2, 0.25) is 5.82 Å². The van der Waals surface area contributed by atoms with Gasteiger partial charge < -0.3 is 9.30 Å². The van der Waals surface area contributed by atoms with E-state index < -0.39 is 5.97 Å². The van der Waals surface area contributed by atoms with Crippen LogP contribution in [0.3, 0.4) is 0 Å². The van der Waals surface area contributed by atoms with E-state index in [1.165, 1.54) is 6.33 Å². The lowest BCUT2D eigenvalue weighted by molar-refractivity contribution is 0.0506. The standard InChI is InChI=1S/C7H11N3O2/c1-3-10-5-8-9-6(10)7(11)12-4-2/h5H,3-4H2,1-2H3. The fourth-order valence-electron chi connectivity index (χ4n) is 0.840. The van der Waals surface area contributed by atoms with Crippen molar-refractivity contribution in [3.63, 3.8) is 0 Å². The van der Waals surface area contributed by atoms with E-state index in [-0.39, 0.29) is 5.82 Å². The number of ether oxygens (including phenoxy) is 1. The Hall–Kier alpha value is -1.39. The lowest BCUT2D eigenvalue weighted by atomic mass is 10.5. The smallest absolute Gasteiger partial charge is 0.376 e. The highest BCUT2D eigenvalue weighted by Gasteiger charge is 2.13. The lowest BCUT2D eigenvalue weighted by Gasteiger charge is -2.01. The van der Waals surface area contributed by atoms with Gasteiger partial charge in [-0.25, -0.2) is 4.79 Å². The van der Waals surface area contributed by atoms with Crippen molar-refractivity contribution in [2.45, 2.75) is 20.4 Å². The average Bonchev–Trinajstić information content (AvgIpc) is 2.51. The van der Waals surface area contributed by atoms with Gasteiger partial charge in [0.1, 0.15) is 6.33 Å². The van der Waals surface area contributed by atoms with Crippen molar-refractivity contribution in [2.24, 2.45) is 0 Å². The minimum Gasteiger partial charge on any atom is -0.460 e. The van der Waals surface area contributed by atoms with E-state index in [9.17, 15) is 4.79 Å². The first kappa shape index (κ1) is 8.70. The molecule has 0 spiro atoms. The highest BCUT2D eigenvalue weighted by molar-refractivity contribution is 5.85. The van der Waals surface area contributed by atoms with Crippen LogP contribution in [-0.4, -0.2) is 27.3 Å². The van der Waals surface area contributed by atoms with Gasteiger partial charge in [0, 0.05) is 6.54 Å². The normalized spacial score (nSPS) is 9.83. The number of nitrogens with zero attached hydrogens (tertiary/aromatic N) is 3. The van der Waals surface area contributed by atoms with E-state index in [2.05, 4.69) is 10.2 Å². The largest absolute Gasteiger partial charge is 0.460 e. The number of hydrogen-bond donors (Lipinski definition) is 0. The molecule has 1 heterocycles. The van der Waals surface area contributed by atoms with E-state index in [0.29, 0.717) is 13.2 Å². The van der Waals surface area contributed by atoms with E-state index >= 15 is 0 Å². The molecule has 0 saturated heterocycles. The van der Waals surface area contributed by atoms with Crippen molar-refractivity contribution in [1.29, 1.82) is 0 Å². The zero-order valence-electron chi connectivity index (χ0n) is 7.15. The number of esters is 1. The van der Waals surface area contributed by atoms with Crippen molar-refractivity contribution in [3.8, 4) is 0 Å². The molecule has 0 N–H and O–H groups in total. The van der Waals surface area contributed by atoms with Crippen LogP contribution in [0.15, 0.2) is 6.33 Å². The van der Waals surface area contributed by atoms with E-state index in [0.717, 1.165) is 0 Å². The molecule has 66 valence electrons. The molecule has 5 nitrogen and oxygen atoms in total. The zero-order chi connectivity index (χ0) is 8.97. The molecule has 0 bridgehead atoms. The van der Waals surface area contributed by atoms with Crippen molar-refractivity contribution in [2.75, 3.05) is 6.61 Å². The zero-order valence-corrected chi connectivity index (χ0v) is 7.15. The molecule has 0 unspecified atom stereocenters. The summed E-state index contributed by atoms with van der Waals surface area (Å²) in [5.74, 6) is -0.156. The summed E-state index contributed by atoms with van der Waals surface area (Å²) in [6.45, 7) is 4.69. The van der Waals surface area contributed by atoms with Crippen LogP contribution in [0.1, 0.15) is 24.5 Å². The molecule has 0 saturated carbocycles. The van der Waals surface area contributed by atoms with Crippen LogP contribution in [0.25, 0.3) is 0 Å². The Morgan fingerprint density at radius 3 is 3.00 bits per heavy atom. The first-order valence-electron chi connectivity index (χ1n) is 3.84. The Bertz CT molecular complexity index is 269. The number of carbonyl (C=O) groups excluding carboxylic acids is 1. The van der Waals surface area contributed by atoms with Crippen LogP contribution in [0.5, 0.6) is 0 Å². The molecule has 0 amide bonds. The summed E-state index contributed by atoms with van der Waals surface area (Å²) in [7, 11) is 0. The molecule has 0 aromatic carbocycles. The van der Waals surface area contributed by atoms with Gasteiger partial charge in [-0.2, -0.15) is 0 Å². The third-order valence-electron chi connectivity index (χ3n) is 1.41. The van der Waals surface area contributed by atoms with Gasteiger partial charge in [0.25, 0.3) is 0 Å². The van der Waals surface area contributed by atoms with Crippen LogP contribution in [0, 0.1) is 0 Å². The van der Waals surface area contributed by atoms with Crippen LogP contribution >= 0.6 is 0 Å². The van der Waals surface area contributed by atoms with Gasteiger partial charge in [0.15, 0.2) is 0 Å². The summed E-state index contributed by atoms with van der Waals surface area (Å²) in [5.41, 5.74) is 0. The second-order valence-corrected chi connectivity index (χ2v) is 2.16. The second kappa shape index (κ2) is 3.85. The summed E-state index contributed by atoms with van der Waals surface area (Å²) in [6.07, 6.45) is 1.51. The Balaban J connectivity index is 2.79. The van der Waals surface area contributed by atoms with Gasteiger partial charge in [-0.05, 0) is 13.8 Å². The fourth-order valence-corrected chi connectivity index (χ4v) is 0.840. The van der Waals surface area contributed by atoms with Crippen molar-refractivity contribution < 1.29 is 9.53 Å². The highest BCUT2D eigenvalue weighted by atomic mass is 16.5. The Labute approximate surface area is 70.4 Å². The maximum Gasteiger partial charge on any atom is 0.376 e. The van der Waals surface area contributed by atoms with Gasteiger partial charge >= 0.3 is 5.97 Å². The summed E-state index contributed by atoms with van der Waals surface area (Å²) in [6, 6.07) is 0. The quantitative estimate of drug-likeness (QED) is 0.617. The summed E-state index contributed by atoms with van der Waals surface area (Å²) in [4.78, 5) is 11.1. The topological polar surface area (TPSA) is 57.0 Å². The molecule has 1 aromatic rings. The number of carbonyl (C=O) groups is 1. The maximum absolute atomic E-state index is 11.1. The van der Waals surface area contributed by atoms with Crippen LogP contribution in [-0.2, 0) is 11.3 Å². The summed E-state index contributed by atoms with van der Waals surface area (Å²) < 4.78 is 6.40. The van der Waals surface area contributed by atoms with Crippen molar-refractivity contribution in [1.82, 2.24) is 14.8 Å². The monoisotopic (exact) mass is 169 g/mol. The molecule has 0 aliphatic heterocycles. The van der Waals surface area contributed by atoms with Crippen LogP contribution in [0.2, 0.25) is 0 Å². The second-order valence-electron chi connectivity index (χ2n) is 2.16. The molecule has 1 aromatic heterocycles. The van der Waals surface area contributed by atoms with Gasteiger partial charge in [-0.3, -0.25) is 0 Å². The third kappa shape index (κ3) is 1.61. The predicted octanol–water partition coefficient (Wildman–Crippen LogP) is 0.475. The molecule has 1 rings (SSSR count). The molecule has 0 aliphatic rings. The first-order chi connectivity index (χ1) is 5.79. The first-order valence-corrected chi connectivity index (χ1v) is 3.84. The van der Waals surface area contributed by atoms with Crippen molar-refractivity contribution in [3.05, 3.63) is 12.2 Å². The fraction of sp³-hybridized carbons (Fsp3) is 0.571.